The summed E-state index contributed by atoms with van der Waals surface area (Å²) in [5.41, 5.74) is 1.36. The zero-order chi connectivity index (χ0) is 23.4. The number of fused-ring (bicyclic) bond motifs is 1. The molecule has 1 N–H and O–H groups in total. The van der Waals surface area contributed by atoms with E-state index in [2.05, 4.69) is 6.92 Å². The van der Waals surface area contributed by atoms with Gasteiger partial charge in [-0.05, 0) is 42.7 Å². The normalized spacial score (nSPS) is 16.1. The summed E-state index contributed by atoms with van der Waals surface area (Å²) in [6.45, 7) is 5.16. The lowest BCUT2D eigenvalue weighted by Crippen LogP contribution is -2.31. The molecule has 0 spiro atoms. The fourth-order valence-corrected chi connectivity index (χ4v) is 4.22. The van der Waals surface area contributed by atoms with Crippen molar-refractivity contribution < 1.29 is 23.8 Å². The number of amides is 1. The predicted molar refractivity (Wildman–Crippen MR) is 126 cm³/mol. The monoisotopic (exact) mass is 447 g/mol. The molecule has 172 valence electrons. The number of benzene rings is 2. The Kier molecular flexibility index (Phi) is 6.82. The maximum absolute atomic E-state index is 13.5. The molecule has 0 saturated carbocycles. The van der Waals surface area contributed by atoms with Gasteiger partial charge < -0.3 is 19.2 Å². The third-order valence-corrected chi connectivity index (χ3v) is 5.87. The Hall–Kier alpha value is -3.54. The van der Waals surface area contributed by atoms with Crippen molar-refractivity contribution >= 4 is 22.7 Å². The molecule has 1 atom stereocenters. The van der Waals surface area contributed by atoms with Crippen molar-refractivity contribution in [3.05, 3.63) is 77.3 Å². The standard InChI is InChI=1S/C27H29NO5/c1-3-5-8-16-32-20-13-11-18(12-14-20)24-23(26(30)27(31)28(24)15-4-2)25(29)22-17-19-9-6-7-10-21(19)33-22/h6-7,9-14,17,24,30H,3-5,8,15-16H2,1-2H3. The van der Waals surface area contributed by atoms with Crippen LogP contribution in [0.15, 0.2) is 70.3 Å². The predicted octanol–water partition coefficient (Wildman–Crippen LogP) is 5.99. The minimum Gasteiger partial charge on any atom is -0.503 e. The molecule has 2 aromatic carbocycles. The van der Waals surface area contributed by atoms with Gasteiger partial charge in [0.2, 0.25) is 5.78 Å². The molecule has 3 aromatic rings. The van der Waals surface area contributed by atoms with Gasteiger partial charge in [0.05, 0.1) is 18.2 Å². The Bertz CT molecular complexity index is 1140. The van der Waals surface area contributed by atoms with Crippen LogP contribution in [0, 0.1) is 0 Å². The number of Topliss-reactive ketones (excluding diaryl/α,β-unsaturated/α-hetero) is 1. The van der Waals surface area contributed by atoms with Crippen molar-refractivity contribution in [1.29, 1.82) is 0 Å². The first-order valence-electron chi connectivity index (χ1n) is 11.5. The molecule has 2 heterocycles. The lowest BCUT2D eigenvalue weighted by molar-refractivity contribution is -0.129. The third kappa shape index (κ3) is 4.51. The summed E-state index contributed by atoms with van der Waals surface area (Å²) >= 11 is 0. The van der Waals surface area contributed by atoms with Crippen LogP contribution in [-0.2, 0) is 4.79 Å². The van der Waals surface area contributed by atoms with Gasteiger partial charge in [0.25, 0.3) is 5.91 Å². The highest BCUT2D eigenvalue weighted by Crippen LogP contribution is 2.40. The van der Waals surface area contributed by atoms with Crippen LogP contribution in [-0.4, -0.2) is 34.8 Å². The molecule has 0 aliphatic carbocycles. The number of para-hydroxylation sites is 1. The van der Waals surface area contributed by atoms with E-state index in [0.29, 0.717) is 25.2 Å². The molecular formula is C27H29NO5. The number of carbonyl (C=O) groups is 2. The molecule has 1 aromatic heterocycles. The number of aliphatic hydroxyl groups excluding tert-OH is 1. The van der Waals surface area contributed by atoms with Gasteiger partial charge in [0.1, 0.15) is 11.3 Å². The van der Waals surface area contributed by atoms with E-state index in [-0.39, 0.29) is 11.3 Å². The highest BCUT2D eigenvalue weighted by atomic mass is 16.5. The molecule has 4 rings (SSSR count). The largest absolute Gasteiger partial charge is 0.503 e. The van der Waals surface area contributed by atoms with Gasteiger partial charge >= 0.3 is 0 Å². The number of ketones is 1. The minimum absolute atomic E-state index is 0.0455. The SMILES string of the molecule is CCCCCOc1ccc(C2C(C(=O)c3cc4ccccc4o3)=C(O)C(=O)N2CCC)cc1. The van der Waals surface area contributed by atoms with Gasteiger partial charge in [-0.15, -0.1) is 0 Å². The van der Waals surface area contributed by atoms with E-state index in [0.717, 1.165) is 36.0 Å². The number of hydrogen-bond donors (Lipinski definition) is 1. The van der Waals surface area contributed by atoms with Crippen molar-refractivity contribution in [3.8, 4) is 5.75 Å². The Balaban J connectivity index is 1.65. The van der Waals surface area contributed by atoms with Crippen LogP contribution in [0.25, 0.3) is 11.0 Å². The summed E-state index contributed by atoms with van der Waals surface area (Å²) < 4.78 is 11.5. The molecule has 1 aliphatic rings. The second kappa shape index (κ2) is 9.94. The Morgan fingerprint density at radius 2 is 1.82 bits per heavy atom. The van der Waals surface area contributed by atoms with Crippen LogP contribution in [0.4, 0.5) is 0 Å². The Morgan fingerprint density at radius 3 is 2.52 bits per heavy atom. The van der Waals surface area contributed by atoms with Crippen molar-refractivity contribution in [2.45, 2.75) is 45.6 Å². The van der Waals surface area contributed by atoms with Crippen LogP contribution < -0.4 is 4.74 Å². The Morgan fingerprint density at radius 1 is 1.06 bits per heavy atom. The topological polar surface area (TPSA) is 80.0 Å². The smallest absolute Gasteiger partial charge is 0.290 e. The zero-order valence-corrected chi connectivity index (χ0v) is 19.0. The van der Waals surface area contributed by atoms with Gasteiger partial charge in [-0.2, -0.15) is 0 Å². The summed E-state index contributed by atoms with van der Waals surface area (Å²) in [5.74, 6) is -0.704. The molecule has 0 radical (unpaired) electrons. The van der Waals surface area contributed by atoms with Crippen LogP contribution in [0.1, 0.15) is 61.7 Å². The van der Waals surface area contributed by atoms with Crippen molar-refractivity contribution in [1.82, 2.24) is 4.90 Å². The van der Waals surface area contributed by atoms with Gasteiger partial charge in [0.15, 0.2) is 11.5 Å². The van der Waals surface area contributed by atoms with Crippen LogP contribution >= 0.6 is 0 Å². The van der Waals surface area contributed by atoms with E-state index >= 15 is 0 Å². The van der Waals surface area contributed by atoms with E-state index in [1.165, 1.54) is 0 Å². The average Bonchev–Trinajstić information content (AvgIpc) is 3.37. The summed E-state index contributed by atoms with van der Waals surface area (Å²) in [7, 11) is 0. The molecule has 1 aliphatic heterocycles. The van der Waals surface area contributed by atoms with E-state index in [4.69, 9.17) is 9.15 Å². The molecule has 0 fully saturated rings. The first-order chi connectivity index (χ1) is 16.0. The van der Waals surface area contributed by atoms with Crippen molar-refractivity contribution in [2.75, 3.05) is 13.2 Å². The summed E-state index contributed by atoms with van der Waals surface area (Å²) in [4.78, 5) is 27.9. The van der Waals surface area contributed by atoms with E-state index in [1.807, 2.05) is 49.4 Å². The molecule has 6 nitrogen and oxygen atoms in total. The first-order valence-corrected chi connectivity index (χ1v) is 11.5. The van der Waals surface area contributed by atoms with E-state index in [9.17, 15) is 14.7 Å². The fourth-order valence-electron chi connectivity index (χ4n) is 4.22. The lowest BCUT2D eigenvalue weighted by atomic mass is 9.95. The number of aliphatic hydroxyl groups is 1. The highest BCUT2D eigenvalue weighted by molar-refractivity contribution is 6.16. The van der Waals surface area contributed by atoms with Gasteiger partial charge in [0, 0.05) is 11.9 Å². The van der Waals surface area contributed by atoms with Gasteiger partial charge in [-0.25, -0.2) is 0 Å². The van der Waals surface area contributed by atoms with Crippen LogP contribution in [0.3, 0.4) is 0 Å². The van der Waals surface area contributed by atoms with Gasteiger partial charge in [-0.3, -0.25) is 9.59 Å². The second-order valence-electron chi connectivity index (χ2n) is 8.27. The number of nitrogens with zero attached hydrogens (tertiary/aromatic N) is 1. The number of furan rings is 1. The fraction of sp³-hybridized carbons (Fsp3) is 0.333. The van der Waals surface area contributed by atoms with E-state index in [1.54, 1.807) is 17.0 Å². The average molecular weight is 448 g/mol. The van der Waals surface area contributed by atoms with Crippen molar-refractivity contribution in [3.63, 3.8) is 0 Å². The second-order valence-corrected chi connectivity index (χ2v) is 8.27. The Labute approximate surface area is 193 Å². The maximum atomic E-state index is 13.5. The summed E-state index contributed by atoms with van der Waals surface area (Å²) in [6.07, 6.45) is 3.93. The number of rotatable bonds is 10. The van der Waals surface area contributed by atoms with Crippen LogP contribution in [0.5, 0.6) is 5.75 Å². The molecule has 33 heavy (non-hydrogen) atoms. The quantitative estimate of drug-likeness (QED) is 0.305. The molecule has 0 bridgehead atoms. The highest BCUT2D eigenvalue weighted by Gasteiger charge is 2.44. The summed E-state index contributed by atoms with van der Waals surface area (Å²) in [5, 5.41) is 11.5. The van der Waals surface area contributed by atoms with Crippen molar-refractivity contribution in [2.24, 2.45) is 0 Å². The van der Waals surface area contributed by atoms with Crippen LogP contribution in [0.2, 0.25) is 0 Å². The molecule has 6 heteroatoms. The molecule has 1 amide bonds. The number of carbonyl (C=O) groups excluding carboxylic acids is 2. The zero-order valence-electron chi connectivity index (χ0n) is 19.0. The third-order valence-electron chi connectivity index (χ3n) is 5.87. The summed E-state index contributed by atoms with van der Waals surface area (Å²) in [6, 6.07) is 15.7. The number of ether oxygens (including phenoxy) is 1. The number of hydrogen-bond acceptors (Lipinski definition) is 5. The minimum atomic E-state index is -0.688. The lowest BCUT2D eigenvalue weighted by Gasteiger charge is -2.26. The first kappa shape index (κ1) is 22.6. The van der Waals surface area contributed by atoms with E-state index < -0.39 is 23.5 Å². The maximum Gasteiger partial charge on any atom is 0.290 e. The molecule has 1 unspecified atom stereocenters. The number of unbranched alkanes of at least 4 members (excludes halogenated alkanes) is 2. The molecular weight excluding hydrogens is 418 g/mol. The molecule has 0 saturated heterocycles. The van der Waals surface area contributed by atoms with Gasteiger partial charge in [-0.1, -0.05) is 57.0 Å².